The maximum Gasteiger partial charge on any atom is 0.213 e. The van der Waals surface area contributed by atoms with E-state index in [0.717, 1.165) is 16.4 Å². The molecular weight excluding hydrogens is 385 g/mol. The molecule has 0 aliphatic carbocycles. The number of thioether (sulfide) groups is 1. The Balaban J connectivity index is 1.85. The van der Waals surface area contributed by atoms with Crippen LogP contribution in [0.15, 0.2) is 41.5 Å². The van der Waals surface area contributed by atoms with Crippen molar-refractivity contribution < 1.29 is 9.13 Å². The summed E-state index contributed by atoms with van der Waals surface area (Å²) in [5.74, 6) is 3.04. The van der Waals surface area contributed by atoms with Crippen molar-refractivity contribution in [2.75, 3.05) is 26.5 Å². The first-order valence-electron chi connectivity index (χ1n) is 8.34. The molecule has 7 heteroatoms. The van der Waals surface area contributed by atoms with E-state index in [4.69, 9.17) is 27.8 Å². The van der Waals surface area contributed by atoms with Crippen LogP contribution in [-0.4, -0.2) is 41.5 Å². The highest BCUT2D eigenvalue weighted by Gasteiger charge is 2.35. The number of aromatic nitrogens is 1. The van der Waals surface area contributed by atoms with E-state index < -0.39 is 0 Å². The van der Waals surface area contributed by atoms with Gasteiger partial charge in [-0.15, -0.1) is 12.3 Å². The fourth-order valence-corrected chi connectivity index (χ4v) is 4.07. The van der Waals surface area contributed by atoms with E-state index >= 15 is 0 Å². The smallest absolute Gasteiger partial charge is 0.213 e. The van der Waals surface area contributed by atoms with Gasteiger partial charge in [0.25, 0.3) is 0 Å². The van der Waals surface area contributed by atoms with Crippen molar-refractivity contribution in [2.45, 2.75) is 5.92 Å². The molecule has 27 heavy (non-hydrogen) atoms. The summed E-state index contributed by atoms with van der Waals surface area (Å²) in [7, 11) is 1.57. The molecule has 4 nitrogen and oxygen atoms in total. The minimum Gasteiger partial charge on any atom is -0.481 e. The highest BCUT2D eigenvalue weighted by Crippen LogP contribution is 2.37. The zero-order chi connectivity index (χ0) is 19.4. The first-order valence-corrected chi connectivity index (χ1v) is 9.94. The molecule has 1 aromatic carbocycles. The van der Waals surface area contributed by atoms with Crippen molar-refractivity contribution in [3.63, 3.8) is 0 Å². The molecule has 1 saturated heterocycles. The first kappa shape index (κ1) is 19.5. The van der Waals surface area contributed by atoms with Crippen molar-refractivity contribution in [1.82, 2.24) is 9.88 Å². The summed E-state index contributed by atoms with van der Waals surface area (Å²) in [6.45, 7) is 1.33. The van der Waals surface area contributed by atoms with Gasteiger partial charge in [0, 0.05) is 36.0 Å². The number of pyridine rings is 1. The Kier molecular flexibility index (Phi) is 6.25. The van der Waals surface area contributed by atoms with Crippen LogP contribution in [0.5, 0.6) is 5.88 Å². The van der Waals surface area contributed by atoms with Gasteiger partial charge in [-0.25, -0.2) is 14.4 Å². The molecule has 3 rings (SSSR count). The van der Waals surface area contributed by atoms with Gasteiger partial charge in [-0.2, -0.15) is 0 Å². The lowest BCUT2D eigenvalue weighted by Crippen LogP contribution is -2.26. The fourth-order valence-electron chi connectivity index (χ4n) is 3.16. The normalized spacial score (nSPS) is 19.8. The van der Waals surface area contributed by atoms with Gasteiger partial charge in [0.2, 0.25) is 5.88 Å². The summed E-state index contributed by atoms with van der Waals surface area (Å²) in [6, 6.07) is 8.10. The van der Waals surface area contributed by atoms with Gasteiger partial charge in [0.1, 0.15) is 5.82 Å². The molecule has 0 radical (unpaired) electrons. The van der Waals surface area contributed by atoms with E-state index in [1.165, 1.54) is 12.1 Å². The zero-order valence-electron chi connectivity index (χ0n) is 15.0. The van der Waals surface area contributed by atoms with Gasteiger partial charge in [-0.3, -0.25) is 0 Å². The van der Waals surface area contributed by atoms with E-state index in [9.17, 15) is 4.39 Å². The molecule has 140 valence electrons. The van der Waals surface area contributed by atoms with Crippen molar-refractivity contribution in [1.29, 1.82) is 0 Å². The van der Waals surface area contributed by atoms with Gasteiger partial charge >= 0.3 is 0 Å². The monoisotopic (exact) mass is 403 g/mol. The Morgan fingerprint density at radius 1 is 1.41 bits per heavy atom. The summed E-state index contributed by atoms with van der Waals surface area (Å²) in [4.78, 5) is 11.0. The molecule has 2 atom stereocenters. The average Bonchev–Trinajstić information content (AvgIpc) is 3.10. The quantitative estimate of drug-likeness (QED) is 0.427. The van der Waals surface area contributed by atoms with Crippen molar-refractivity contribution in [3.8, 4) is 18.2 Å². The Hall–Kier alpha value is -2.23. The van der Waals surface area contributed by atoms with Gasteiger partial charge in [-0.05, 0) is 30.0 Å². The number of terminal acetylenes is 1. The summed E-state index contributed by atoms with van der Waals surface area (Å²) in [5, 5.41) is 1.26. The Morgan fingerprint density at radius 3 is 2.81 bits per heavy atom. The number of hydrogen-bond acceptors (Lipinski definition) is 4. The Labute approximate surface area is 167 Å². The number of nitrogens with zero attached hydrogens (tertiary/aromatic N) is 3. The topological polar surface area (TPSA) is 37.7 Å². The van der Waals surface area contributed by atoms with E-state index in [0.29, 0.717) is 24.0 Å². The standard InChI is InChI=1S/C20H19ClFN3OS/c1-4-13-11-25(12-17(13)16-7-5-14(22)9-18(16)21)20(27-3)24-15-6-8-19(26-2)23-10-15/h1,5-10,13,17H,11-12H2,2-3H3/b24-20+/t13-,17-/m0/s1. The van der Waals surface area contributed by atoms with Crippen LogP contribution in [0.25, 0.3) is 0 Å². The largest absolute Gasteiger partial charge is 0.481 e. The number of benzene rings is 1. The summed E-state index contributed by atoms with van der Waals surface area (Å²) >= 11 is 7.81. The number of rotatable bonds is 3. The second kappa shape index (κ2) is 8.64. The molecule has 1 aliphatic heterocycles. The van der Waals surface area contributed by atoms with Gasteiger partial charge < -0.3 is 9.64 Å². The predicted molar refractivity (Wildman–Crippen MR) is 109 cm³/mol. The number of methoxy groups -OCH3 is 1. The summed E-state index contributed by atoms with van der Waals surface area (Å²) < 4.78 is 18.5. The van der Waals surface area contributed by atoms with Gasteiger partial charge in [0.15, 0.2) is 5.17 Å². The number of likely N-dealkylation sites (tertiary alicyclic amines) is 1. The molecule has 0 N–H and O–H groups in total. The number of ether oxygens (including phenoxy) is 1. The number of hydrogen-bond donors (Lipinski definition) is 0. The van der Waals surface area contributed by atoms with Crippen LogP contribution in [-0.2, 0) is 0 Å². The molecule has 0 unspecified atom stereocenters. The molecule has 1 fully saturated rings. The van der Waals surface area contributed by atoms with E-state index in [1.54, 1.807) is 37.2 Å². The second-order valence-corrected chi connectivity index (χ2v) is 7.29. The van der Waals surface area contributed by atoms with E-state index in [2.05, 4.69) is 15.8 Å². The predicted octanol–water partition coefficient (Wildman–Crippen LogP) is 4.58. The summed E-state index contributed by atoms with van der Waals surface area (Å²) in [5.41, 5.74) is 1.61. The number of amidine groups is 1. The highest BCUT2D eigenvalue weighted by molar-refractivity contribution is 8.13. The average molecular weight is 404 g/mol. The van der Waals surface area contributed by atoms with Crippen LogP contribution < -0.4 is 4.74 Å². The molecule has 0 spiro atoms. The fraction of sp³-hybridized carbons (Fsp3) is 0.300. The van der Waals surface area contributed by atoms with Crippen LogP contribution in [0.3, 0.4) is 0 Å². The van der Waals surface area contributed by atoms with Crippen LogP contribution in [0.2, 0.25) is 5.02 Å². The molecule has 1 aromatic heterocycles. The molecule has 0 saturated carbocycles. The van der Waals surface area contributed by atoms with Crippen LogP contribution in [0, 0.1) is 24.1 Å². The highest BCUT2D eigenvalue weighted by atomic mass is 35.5. The third kappa shape index (κ3) is 4.37. The molecule has 2 heterocycles. The van der Waals surface area contributed by atoms with E-state index in [1.807, 2.05) is 12.3 Å². The SMILES string of the molecule is C#C[C@H]1CN(/C(=N\c2ccc(OC)nc2)SC)C[C@@H]1c1ccc(F)cc1Cl. The lowest BCUT2D eigenvalue weighted by Gasteiger charge is -2.19. The van der Waals surface area contributed by atoms with Gasteiger partial charge in [0.05, 0.1) is 19.0 Å². The maximum absolute atomic E-state index is 13.4. The third-order valence-corrected chi connectivity index (χ3v) is 5.55. The number of aliphatic imine (C=N–C) groups is 1. The molecule has 1 aliphatic rings. The lowest BCUT2D eigenvalue weighted by molar-refractivity contribution is 0.398. The lowest BCUT2D eigenvalue weighted by atomic mass is 9.89. The van der Waals surface area contributed by atoms with Crippen molar-refractivity contribution in [2.24, 2.45) is 10.9 Å². The second-order valence-electron chi connectivity index (χ2n) is 6.11. The molecule has 0 bridgehead atoms. The third-order valence-electron chi connectivity index (χ3n) is 4.50. The van der Waals surface area contributed by atoms with Crippen LogP contribution in [0.1, 0.15) is 11.5 Å². The maximum atomic E-state index is 13.4. The van der Waals surface area contributed by atoms with Crippen LogP contribution >= 0.6 is 23.4 Å². The number of halogens is 2. The summed E-state index contributed by atoms with van der Waals surface area (Å²) in [6.07, 6.45) is 9.40. The van der Waals surface area contributed by atoms with Gasteiger partial charge in [-0.1, -0.05) is 29.4 Å². The minimum atomic E-state index is -0.353. The van der Waals surface area contributed by atoms with Crippen molar-refractivity contribution >= 4 is 34.2 Å². The molecular formula is C20H19ClFN3OS. The van der Waals surface area contributed by atoms with E-state index in [-0.39, 0.29) is 17.7 Å². The Morgan fingerprint density at radius 2 is 2.22 bits per heavy atom. The Bertz CT molecular complexity index is 882. The zero-order valence-corrected chi connectivity index (χ0v) is 16.6. The minimum absolute atomic E-state index is 0.0226. The molecule has 2 aromatic rings. The molecule has 0 amide bonds. The first-order chi connectivity index (χ1) is 13.0. The van der Waals surface area contributed by atoms with Crippen LogP contribution in [0.4, 0.5) is 10.1 Å². The van der Waals surface area contributed by atoms with Crippen molar-refractivity contribution in [3.05, 3.63) is 52.9 Å².